The number of hydrogen-bond acceptors (Lipinski definition) is 3. The van der Waals surface area contributed by atoms with E-state index >= 15 is 0 Å². The predicted molar refractivity (Wildman–Crippen MR) is 78.6 cm³/mol. The molecule has 0 heterocycles. The van der Waals surface area contributed by atoms with E-state index in [2.05, 4.69) is 10.6 Å². The van der Waals surface area contributed by atoms with Crippen molar-refractivity contribution in [1.29, 1.82) is 0 Å². The summed E-state index contributed by atoms with van der Waals surface area (Å²) in [5.74, 6) is -0.0209. The zero-order valence-corrected chi connectivity index (χ0v) is 12.0. The molecule has 4 nitrogen and oxygen atoms in total. The number of nitrogens with one attached hydrogen (secondary N) is 2. The molecule has 1 rings (SSSR count). The van der Waals surface area contributed by atoms with Gasteiger partial charge in [0.2, 0.25) is 0 Å². The number of carbonyl (C=O) groups is 1. The molecule has 2 N–H and O–H groups in total. The molecule has 0 unspecified atom stereocenters. The molecule has 0 radical (unpaired) electrons. The Labute approximate surface area is 115 Å². The quantitative estimate of drug-likeness (QED) is 0.710. The number of rotatable bonds is 8. The van der Waals surface area contributed by atoms with E-state index in [1.54, 1.807) is 0 Å². The smallest absolute Gasteiger partial charge is 0.251 e. The topological polar surface area (TPSA) is 50.4 Å². The Morgan fingerprint density at radius 2 is 1.89 bits per heavy atom. The SMILES string of the molecule is CNc1ccc(C(=O)NCCCCOC(C)C)cc1. The number of ether oxygens (including phenoxy) is 1. The molecule has 1 aromatic carbocycles. The largest absolute Gasteiger partial charge is 0.388 e. The molecule has 0 bridgehead atoms. The minimum Gasteiger partial charge on any atom is -0.388 e. The molecule has 4 heteroatoms. The maximum Gasteiger partial charge on any atom is 0.251 e. The van der Waals surface area contributed by atoms with Crippen molar-refractivity contribution in [3.63, 3.8) is 0 Å². The van der Waals surface area contributed by atoms with Gasteiger partial charge in [-0.3, -0.25) is 4.79 Å². The number of anilines is 1. The van der Waals surface area contributed by atoms with Gasteiger partial charge in [-0.2, -0.15) is 0 Å². The number of amides is 1. The molecular weight excluding hydrogens is 240 g/mol. The molecule has 0 saturated carbocycles. The third kappa shape index (κ3) is 6.25. The van der Waals surface area contributed by atoms with Gasteiger partial charge in [-0.25, -0.2) is 0 Å². The maximum atomic E-state index is 11.8. The van der Waals surface area contributed by atoms with Gasteiger partial charge in [0.1, 0.15) is 0 Å². The summed E-state index contributed by atoms with van der Waals surface area (Å²) >= 11 is 0. The molecule has 0 aromatic heterocycles. The molecule has 0 spiro atoms. The number of carbonyl (C=O) groups excluding carboxylic acids is 1. The summed E-state index contributed by atoms with van der Waals surface area (Å²) in [5.41, 5.74) is 1.69. The van der Waals surface area contributed by atoms with Crippen molar-refractivity contribution in [2.24, 2.45) is 0 Å². The van der Waals surface area contributed by atoms with Crippen molar-refractivity contribution in [1.82, 2.24) is 5.32 Å². The highest BCUT2D eigenvalue weighted by Gasteiger charge is 2.04. The lowest BCUT2D eigenvalue weighted by molar-refractivity contribution is 0.0754. The van der Waals surface area contributed by atoms with E-state index in [0.717, 1.165) is 25.1 Å². The molecule has 106 valence electrons. The Morgan fingerprint density at radius 1 is 1.21 bits per heavy atom. The third-order valence-electron chi connectivity index (χ3n) is 2.74. The van der Waals surface area contributed by atoms with Gasteiger partial charge in [0.05, 0.1) is 6.10 Å². The van der Waals surface area contributed by atoms with Gasteiger partial charge < -0.3 is 15.4 Å². The molecule has 1 amide bonds. The lowest BCUT2D eigenvalue weighted by atomic mass is 10.2. The predicted octanol–water partition coefficient (Wildman–Crippen LogP) is 2.66. The Balaban J connectivity index is 2.20. The van der Waals surface area contributed by atoms with Crippen LogP contribution in [0.1, 0.15) is 37.0 Å². The van der Waals surface area contributed by atoms with E-state index in [1.165, 1.54) is 0 Å². The van der Waals surface area contributed by atoms with Crippen LogP contribution in [0.2, 0.25) is 0 Å². The summed E-state index contributed by atoms with van der Waals surface area (Å²) < 4.78 is 5.44. The molecule has 0 aliphatic heterocycles. The first-order chi connectivity index (χ1) is 9.13. The Bertz CT molecular complexity index is 374. The summed E-state index contributed by atoms with van der Waals surface area (Å²) in [4.78, 5) is 11.8. The van der Waals surface area contributed by atoms with Gasteiger partial charge in [0.15, 0.2) is 0 Å². The van der Waals surface area contributed by atoms with E-state index in [9.17, 15) is 4.79 Å². The van der Waals surface area contributed by atoms with Crippen LogP contribution in [0.4, 0.5) is 5.69 Å². The minimum atomic E-state index is -0.0209. The highest BCUT2D eigenvalue weighted by molar-refractivity contribution is 5.94. The molecule has 0 aliphatic rings. The molecule has 0 saturated heterocycles. The highest BCUT2D eigenvalue weighted by Crippen LogP contribution is 2.08. The van der Waals surface area contributed by atoms with Crippen LogP contribution in [0.3, 0.4) is 0 Å². The number of benzene rings is 1. The fourth-order valence-electron chi connectivity index (χ4n) is 1.64. The van der Waals surface area contributed by atoms with Crippen LogP contribution < -0.4 is 10.6 Å². The third-order valence-corrected chi connectivity index (χ3v) is 2.74. The van der Waals surface area contributed by atoms with Crippen LogP contribution in [-0.2, 0) is 4.74 Å². The molecular formula is C15H24N2O2. The lowest BCUT2D eigenvalue weighted by Gasteiger charge is -2.08. The van der Waals surface area contributed by atoms with Crippen molar-refractivity contribution in [2.75, 3.05) is 25.5 Å². The second kappa shape index (κ2) is 8.53. The first-order valence-corrected chi connectivity index (χ1v) is 6.81. The summed E-state index contributed by atoms with van der Waals surface area (Å²) in [7, 11) is 1.86. The molecule has 0 fully saturated rings. The highest BCUT2D eigenvalue weighted by atomic mass is 16.5. The van der Waals surface area contributed by atoms with Gasteiger partial charge in [-0.05, 0) is 51.0 Å². The van der Waals surface area contributed by atoms with Crippen LogP contribution in [0.25, 0.3) is 0 Å². The summed E-state index contributed by atoms with van der Waals surface area (Å²) in [6.07, 6.45) is 2.18. The first kappa shape index (κ1) is 15.5. The second-order valence-corrected chi connectivity index (χ2v) is 4.71. The van der Waals surface area contributed by atoms with E-state index in [0.29, 0.717) is 12.1 Å². The van der Waals surface area contributed by atoms with E-state index < -0.39 is 0 Å². The second-order valence-electron chi connectivity index (χ2n) is 4.71. The van der Waals surface area contributed by atoms with Crippen LogP contribution in [0.5, 0.6) is 0 Å². The summed E-state index contributed by atoms with van der Waals surface area (Å²) in [6, 6.07) is 7.43. The minimum absolute atomic E-state index is 0.0209. The molecule has 0 aliphatic carbocycles. The van der Waals surface area contributed by atoms with Crippen LogP contribution in [-0.4, -0.2) is 32.2 Å². The van der Waals surface area contributed by atoms with Crippen molar-refractivity contribution < 1.29 is 9.53 Å². The zero-order chi connectivity index (χ0) is 14.1. The van der Waals surface area contributed by atoms with Gasteiger partial charge >= 0.3 is 0 Å². The monoisotopic (exact) mass is 264 g/mol. The lowest BCUT2D eigenvalue weighted by Crippen LogP contribution is -2.24. The fourth-order valence-corrected chi connectivity index (χ4v) is 1.64. The maximum absolute atomic E-state index is 11.8. The van der Waals surface area contributed by atoms with E-state index in [-0.39, 0.29) is 12.0 Å². The molecule has 0 atom stereocenters. The first-order valence-electron chi connectivity index (χ1n) is 6.81. The van der Waals surface area contributed by atoms with Crippen molar-refractivity contribution in [3.05, 3.63) is 29.8 Å². The van der Waals surface area contributed by atoms with Crippen LogP contribution in [0.15, 0.2) is 24.3 Å². The summed E-state index contributed by atoms with van der Waals surface area (Å²) in [5, 5.41) is 5.93. The number of hydrogen-bond donors (Lipinski definition) is 2. The van der Waals surface area contributed by atoms with Gasteiger partial charge in [-0.15, -0.1) is 0 Å². The average molecular weight is 264 g/mol. The van der Waals surface area contributed by atoms with Crippen molar-refractivity contribution in [2.45, 2.75) is 32.8 Å². The standard InChI is InChI=1S/C15H24N2O2/c1-12(2)19-11-5-4-10-17-15(18)13-6-8-14(16-3)9-7-13/h6-9,12,16H,4-5,10-11H2,1-3H3,(H,17,18). The van der Waals surface area contributed by atoms with Crippen molar-refractivity contribution >= 4 is 11.6 Å². The zero-order valence-electron chi connectivity index (χ0n) is 12.0. The molecule has 19 heavy (non-hydrogen) atoms. The average Bonchev–Trinajstić information content (AvgIpc) is 2.42. The number of unbranched alkanes of at least 4 members (excludes halogenated alkanes) is 1. The molecule has 1 aromatic rings. The normalized spacial score (nSPS) is 10.5. The van der Waals surface area contributed by atoms with Gasteiger partial charge in [0, 0.05) is 31.5 Å². The van der Waals surface area contributed by atoms with Gasteiger partial charge in [-0.1, -0.05) is 0 Å². The van der Waals surface area contributed by atoms with E-state index in [1.807, 2.05) is 45.2 Å². The van der Waals surface area contributed by atoms with Crippen LogP contribution >= 0.6 is 0 Å². The van der Waals surface area contributed by atoms with Crippen LogP contribution in [0, 0.1) is 0 Å². The van der Waals surface area contributed by atoms with E-state index in [4.69, 9.17) is 4.74 Å². The Morgan fingerprint density at radius 3 is 2.47 bits per heavy atom. The fraction of sp³-hybridized carbons (Fsp3) is 0.533. The Hall–Kier alpha value is -1.55. The summed E-state index contributed by atoms with van der Waals surface area (Å²) in [6.45, 7) is 5.49. The van der Waals surface area contributed by atoms with Gasteiger partial charge in [0.25, 0.3) is 5.91 Å². The van der Waals surface area contributed by atoms with Crippen molar-refractivity contribution in [3.8, 4) is 0 Å². The Kier molecular flexibility index (Phi) is 6.97.